The fraction of sp³-hybridized carbons (Fsp3) is 0.571. The second-order valence-corrected chi connectivity index (χ2v) is 2.67. The summed E-state index contributed by atoms with van der Waals surface area (Å²) in [4.78, 5) is 10.7. The molecule has 0 atom stereocenters. The van der Waals surface area contributed by atoms with Gasteiger partial charge in [0, 0.05) is 5.75 Å². The van der Waals surface area contributed by atoms with Gasteiger partial charge in [-0.3, -0.25) is 4.79 Å². The van der Waals surface area contributed by atoms with Crippen molar-refractivity contribution in [3.8, 4) is 0 Å². The summed E-state index contributed by atoms with van der Waals surface area (Å²) in [7, 11) is 0. The van der Waals surface area contributed by atoms with Crippen LogP contribution in [0, 0.1) is 0 Å². The van der Waals surface area contributed by atoms with E-state index in [4.69, 9.17) is 4.18 Å². The molecule has 58 valence electrons. The van der Waals surface area contributed by atoms with Crippen LogP contribution in [-0.2, 0) is 8.98 Å². The summed E-state index contributed by atoms with van der Waals surface area (Å²) in [6.45, 7) is 5.43. The standard InChI is InChI=1S/C7H12O2S/c1-3-5-6-7(8)9-10-4-2/h3H,1,4-6H2,2H3. The van der Waals surface area contributed by atoms with Gasteiger partial charge in [-0.05, 0) is 6.42 Å². The van der Waals surface area contributed by atoms with Crippen LogP contribution in [0.1, 0.15) is 19.8 Å². The molecular weight excluding hydrogens is 148 g/mol. The molecule has 0 fully saturated rings. The molecule has 0 aliphatic rings. The highest BCUT2D eigenvalue weighted by Gasteiger charge is 1.99. The summed E-state index contributed by atoms with van der Waals surface area (Å²) in [5, 5.41) is 0. The Morgan fingerprint density at radius 3 is 3.00 bits per heavy atom. The molecule has 0 saturated heterocycles. The molecule has 0 spiro atoms. The first-order chi connectivity index (χ1) is 4.81. The maximum absolute atomic E-state index is 10.7. The maximum Gasteiger partial charge on any atom is 0.318 e. The van der Waals surface area contributed by atoms with E-state index < -0.39 is 0 Å². The number of hydrogen-bond donors (Lipinski definition) is 0. The van der Waals surface area contributed by atoms with E-state index in [1.54, 1.807) is 6.08 Å². The predicted octanol–water partition coefficient (Wildman–Crippen LogP) is 2.16. The van der Waals surface area contributed by atoms with Crippen molar-refractivity contribution in [1.82, 2.24) is 0 Å². The summed E-state index contributed by atoms with van der Waals surface area (Å²) in [5.74, 6) is 0.645. The lowest BCUT2D eigenvalue weighted by Crippen LogP contribution is -1.97. The van der Waals surface area contributed by atoms with E-state index in [0.717, 1.165) is 5.75 Å². The lowest BCUT2D eigenvalue weighted by atomic mass is 10.3. The van der Waals surface area contributed by atoms with Gasteiger partial charge in [0.15, 0.2) is 0 Å². The third kappa shape index (κ3) is 5.69. The molecule has 3 heteroatoms. The summed E-state index contributed by atoms with van der Waals surface area (Å²) >= 11 is 1.18. The van der Waals surface area contributed by atoms with Crippen molar-refractivity contribution in [3.63, 3.8) is 0 Å². The lowest BCUT2D eigenvalue weighted by molar-refractivity contribution is -0.132. The Hall–Kier alpha value is -0.440. The Kier molecular flexibility index (Phi) is 6.38. The average molecular weight is 160 g/mol. The van der Waals surface area contributed by atoms with Crippen molar-refractivity contribution in [2.24, 2.45) is 0 Å². The molecule has 10 heavy (non-hydrogen) atoms. The van der Waals surface area contributed by atoms with Crippen LogP contribution < -0.4 is 0 Å². The fourth-order valence-electron chi connectivity index (χ4n) is 0.386. The van der Waals surface area contributed by atoms with Gasteiger partial charge in [0.25, 0.3) is 0 Å². The quantitative estimate of drug-likeness (QED) is 0.455. The summed E-state index contributed by atoms with van der Waals surface area (Å²) in [6.07, 6.45) is 2.84. The van der Waals surface area contributed by atoms with Crippen molar-refractivity contribution in [3.05, 3.63) is 12.7 Å². The minimum atomic E-state index is -0.160. The van der Waals surface area contributed by atoms with Crippen molar-refractivity contribution in [2.45, 2.75) is 19.8 Å². The van der Waals surface area contributed by atoms with E-state index >= 15 is 0 Å². The van der Waals surface area contributed by atoms with Crippen LogP contribution in [0.4, 0.5) is 0 Å². The highest BCUT2D eigenvalue weighted by Crippen LogP contribution is 2.04. The van der Waals surface area contributed by atoms with Crippen LogP contribution in [0.15, 0.2) is 12.7 Å². The summed E-state index contributed by atoms with van der Waals surface area (Å²) < 4.78 is 4.72. The zero-order chi connectivity index (χ0) is 7.82. The topological polar surface area (TPSA) is 26.3 Å². The van der Waals surface area contributed by atoms with Gasteiger partial charge in [-0.15, -0.1) is 6.58 Å². The number of carbonyl (C=O) groups is 1. The Labute approximate surface area is 65.8 Å². The van der Waals surface area contributed by atoms with E-state index in [1.807, 2.05) is 6.92 Å². The van der Waals surface area contributed by atoms with Crippen LogP contribution in [0.3, 0.4) is 0 Å². The molecule has 0 aliphatic carbocycles. The van der Waals surface area contributed by atoms with E-state index in [2.05, 4.69) is 6.58 Å². The van der Waals surface area contributed by atoms with Gasteiger partial charge in [-0.2, -0.15) is 0 Å². The van der Waals surface area contributed by atoms with E-state index in [0.29, 0.717) is 12.8 Å². The van der Waals surface area contributed by atoms with E-state index in [9.17, 15) is 4.79 Å². The monoisotopic (exact) mass is 160 g/mol. The third-order valence-corrected chi connectivity index (χ3v) is 1.36. The summed E-state index contributed by atoms with van der Waals surface area (Å²) in [5.41, 5.74) is 0. The number of hydrogen-bond acceptors (Lipinski definition) is 3. The van der Waals surface area contributed by atoms with Crippen LogP contribution in [-0.4, -0.2) is 11.7 Å². The summed E-state index contributed by atoms with van der Waals surface area (Å²) in [6, 6.07) is 0. The van der Waals surface area contributed by atoms with Gasteiger partial charge in [0.1, 0.15) is 0 Å². The number of rotatable bonds is 5. The van der Waals surface area contributed by atoms with Crippen molar-refractivity contribution in [1.29, 1.82) is 0 Å². The molecule has 0 saturated carbocycles. The molecule has 0 bridgehead atoms. The maximum atomic E-state index is 10.7. The first-order valence-corrected chi connectivity index (χ1v) is 4.15. The molecule has 0 radical (unpaired) electrons. The largest absolute Gasteiger partial charge is 0.391 e. The third-order valence-electron chi connectivity index (χ3n) is 0.822. The van der Waals surface area contributed by atoms with E-state index in [1.165, 1.54) is 12.0 Å². The lowest BCUT2D eigenvalue weighted by Gasteiger charge is -1.97. The van der Waals surface area contributed by atoms with Crippen LogP contribution in [0.2, 0.25) is 0 Å². The molecule has 0 rings (SSSR count). The molecule has 2 nitrogen and oxygen atoms in total. The molecule has 0 aromatic carbocycles. The Morgan fingerprint density at radius 2 is 2.50 bits per heavy atom. The van der Waals surface area contributed by atoms with Crippen molar-refractivity contribution >= 4 is 18.0 Å². The Balaban J connectivity index is 3.16. The van der Waals surface area contributed by atoms with Crippen LogP contribution in [0.25, 0.3) is 0 Å². The Morgan fingerprint density at radius 1 is 1.80 bits per heavy atom. The number of carbonyl (C=O) groups excluding carboxylic acids is 1. The SMILES string of the molecule is C=CCCC(=O)OSCC. The molecule has 0 aliphatic heterocycles. The molecule has 0 aromatic heterocycles. The van der Waals surface area contributed by atoms with Gasteiger partial charge in [0.2, 0.25) is 0 Å². The van der Waals surface area contributed by atoms with Gasteiger partial charge in [-0.1, -0.05) is 13.0 Å². The fourth-order valence-corrected chi connectivity index (χ4v) is 0.719. The zero-order valence-corrected chi connectivity index (χ0v) is 6.95. The van der Waals surface area contributed by atoms with Gasteiger partial charge >= 0.3 is 5.97 Å². The highest BCUT2D eigenvalue weighted by molar-refractivity contribution is 7.95. The second-order valence-electron chi connectivity index (χ2n) is 1.69. The van der Waals surface area contributed by atoms with Gasteiger partial charge in [-0.25, -0.2) is 0 Å². The Bertz CT molecular complexity index is 112. The van der Waals surface area contributed by atoms with Crippen LogP contribution in [0.5, 0.6) is 0 Å². The minimum Gasteiger partial charge on any atom is -0.391 e. The second kappa shape index (κ2) is 6.68. The highest BCUT2D eigenvalue weighted by atomic mass is 32.2. The molecule has 0 amide bonds. The minimum absolute atomic E-state index is 0.160. The van der Waals surface area contributed by atoms with Crippen LogP contribution >= 0.6 is 12.0 Å². The smallest absolute Gasteiger partial charge is 0.318 e. The molecule has 0 heterocycles. The first kappa shape index (κ1) is 9.56. The molecule has 0 unspecified atom stereocenters. The molecular formula is C7H12O2S. The number of allylic oxidation sites excluding steroid dienone is 1. The molecule has 0 aromatic rings. The van der Waals surface area contributed by atoms with Crippen molar-refractivity contribution < 1.29 is 8.98 Å². The zero-order valence-electron chi connectivity index (χ0n) is 6.13. The molecule has 0 N–H and O–H groups in total. The van der Waals surface area contributed by atoms with Gasteiger partial charge < -0.3 is 4.18 Å². The van der Waals surface area contributed by atoms with E-state index in [-0.39, 0.29) is 5.97 Å². The predicted molar refractivity (Wildman–Crippen MR) is 43.7 cm³/mol. The first-order valence-electron chi connectivity index (χ1n) is 3.24. The van der Waals surface area contributed by atoms with Gasteiger partial charge in [0.05, 0.1) is 18.5 Å². The normalized spacial score (nSPS) is 8.90. The van der Waals surface area contributed by atoms with Crippen molar-refractivity contribution in [2.75, 3.05) is 5.75 Å². The average Bonchev–Trinajstić information content (AvgIpc) is 1.97.